The molecule has 1 amide bonds. The van der Waals surface area contributed by atoms with E-state index in [1.165, 1.54) is 13.3 Å². The molecular formula is C30H24N4O3. The molecule has 4 aromatic carbocycles. The van der Waals surface area contributed by atoms with Gasteiger partial charge in [0.15, 0.2) is 5.69 Å². The van der Waals surface area contributed by atoms with Crippen LogP contribution in [0.5, 0.6) is 0 Å². The van der Waals surface area contributed by atoms with E-state index in [0.717, 1.165) is 38.8 Å². The number of esters is 1. The first-order valence-corrected chi connectivity index (χ1v) is 11.7. The van der Waals surface area contributed by atoms with Gasteiger partial charge in [-0.2, -0.15) is 10.2 Å². The predicted octanol–water partition coefficient (Wildman–Crippen LogP) is 5.55. The van der Waals surface area contributed by atoms with Crippen LogP contribution in [0.4, 0.5) is 0 Å². The van der Waals surface area contributed by atoms with Crippen LogP contribution in [-0.2, 0) is 4.74 Å². The summed E-state index contributed by atoms with van der Waals surface area (Å²) in [6, 6.07) is 30.8. The minimum absolute atomic E-state index is 0.238. The quantitative estimate of drug-likeness (QED) is 0.193. The van der Waals surface area contributed by atoms with E-state index >= 15 is 0 Å². The summed E-state index contributed by atoms with van der Waals surface area (Å²) in [5, 5.41) is 10.9. The van der Waals surface area contributed by atoms with Gasteiger partial charge in [0.2, 0.25) is 0 Å². The first-order chi connectivity index (χ1) is 18.0. The Morgan fingerprint density at radius 1 is 0.892 bits per heavy atom. The van der Waals surface area contributed by atoms with Gasteiger partial charge in [0.05, 0.1) is 30.3 Å². The van der Waals surface area contributed by atoms with Gasteiger partial charge >= 0.3 is 5.97 Å². The molecule has 182 valence electrons. The van der Waals surface area contributed by atoms with Gasteiger partial charge < -0.3 is 4.74 Å². The molecule has 7 nitrogen and oxygen atoms in total. The molecule has 0 aliphatic rings. The number of rotatable bonds is 6. The van der Waals surface area contributed by atoms with Crippen LogP contribution in [0.15, 0.2) is 102 Å². The number of hydrogen-bond donors (Lipinski definition) is 1. The number of nitrogens with one attached hydrogen (secondary N) is 1. The van der Waals surface area contributed by atoms with Gasteiger partial charge in [-0.15, -0.1) is 0 Å². The number of amides is 1. The molecule has 0 saturated heterocycles. The second kappa shape index (κ2) is 10.3. The molecule has 0 saturated carbocycles. The molecule has 0 aliphatic carbocycles. The molecule has 1 heterocycles. The lowest BCUT2D eigenvalue weighted by Crippen LogP contribution is -2.18. The Morgan fingerprint density at radius 3 is 2.35 bits per heavy atom. The van der Waals surface area contributed by atoms with Crippen LogP contribution in [0.25, 0.3) is 27.7 Å². The summed E-state index contributed by atoms with van der Waals surface area (Å²) in [4.78, 5) is 24.5. The second-order valence-corrected chi connectivity index (χ2v) is 8.54. The Balaban J connectivity index is 1.43. The van der Waals surface area contributed by atoms with Crippen molar-refractivity contribution >= 4 is 28.9 Å². The third-order valence-corrected chi connectivity index (χ3v) is 5.98. The van der Waals surface area contributed by atoms with Gasteiger partial charge in [-0.3, -0.25) is 4.79 Å². The smallest absolute Gasteiger partial charge is 0.337 e. The zero-order chi connectivity index (χ0) is 25.8. The van der Waals surface area contributed by atoms with E-state index in [-0.39, 0.29) is 5.69 Å². The van der Waals surface area contributed by atoms with Crippen LogP contribution < -0.4 is 5.43 Å². The first kappa shape index (κ1) is 23.7. The fourth-order valence-corrected chi connectivity index (χ4v) is 3.97. The van der Waals surface area contributed by atoms with Crippen LogP contribution in [-0.4, -0.2) is 35.0 Å². The molecule has 0 aliphatic heterocycles. The van der Waals surface area contributed by atoms with E-state index < -0.39 is 11.9 Å². The maximum absolute atomic E-state index is 12.9. The molecule has 0 unspecified atom stereocenters. The predicted molar refractivity (Wildman–Crippen MR) is 144 cm³/mol. The van der Waals surface area contributed by atoms with Crippen molar-refractivity contribution in [2.24, 2.45) is 5.10 Å². The van der Waals surface area contributed by atoms with Gasteiger partial charge in [-0.05, 0) is 59.7 Å². The molecule has 0 spiro atoms. The Bertz CT molecular complexity index is 1620. The van der Waals surface area contributed by atoms with E-state index in [2.05, 4.69) is 39.9 Å². The Hall–Kier alpha value is -5.04. The minimum Gasteiger partial charge on any atom is -0.465 e. The zero-order valence-electron chi connectivity index (χ0n) is 20.4. The number of hydrazone groups is 1. The lowest BCUT2D eigenvalue weighted by molar-refractivity contribution is 0.0600. The van der Waals surface area contributed by atoms with Crippen molar-refractivity contribution in [3.8, 4) is 16.9 Å². The first-order valence-electron chi connectivity index (χ1n) is 11.7. The molecule has 0 atom stereocenters. The highest BCUT2D eigenvalue weighted by atomic mass is 16.5. The van der Waals surface area contributed by atoms with E-state index in [9.17, 15) is 9.59 Å². The number of nitrogens with zero attached hydrogens (tertiary/aromatic N) is 3. The summed E-state index contributed by atoms with van der Waals surface area (Å²) in [5.74, 6) is -0.849. The van der Waals surface area contributed by atoms with Crippen molar-refractivity contribution in [1.29, 1.82) is 0 Å². The highest BCUT2D eigenvalue weighted by Gasteiger charge is 2.17. The van der Waals surface area contributed by atoms with E-state index in [1.807, 2.05) is 49.4 Å². The van der Waals surface area contributed by atoms with E-state index in [1.54, 1.807) is 35.0 Å². The summed E-state index contributed by atoms with van der Waals surface area (Å²) in [6.07, 6.45) is 1.50. The SMILES string of the molecule is COC(=O)c1ccc(/C=N\NC(=O)c2cc(-c3ccc4ccccc4c3)n(-c3ccc(C)cc3)n2)cc1. The Labute approximate surface area is 214 Å². The normalized spacial score (nSPS) is 11.1. The minimum atomic E-state index is -0.435. The van der Waals surface area contributed by atoms with Crippen LogP contribution in [0.3, 0.4) is 0 Å². The van der Waals surface area contributed by atoms with Crippen LogP contribution in [0, 0.1) is 6.92 Å². The van der Waals surface area contributed by atoms with E-state index in [4.69, 9.17) is 4.74 Å². The fraction of sp³-hybridized carbons (Fsp3) is 0.0667. The molecule has 37 heavy (non-hydrogen) atoms. The van der Waals surface area contributed by atoms with Crippen molar-refractivity contribution in [3.63, 3.8) is 0 Å². The van der Waals surface area contributed by atoms with Gasteiger partial charge in [0.1, 0.15) is 0 Å². The number of aromatic nitrogens is 2. The molecule has 1 aromatic heterocycles. The number of hydrogen-bond acceptors (Lipinski definition) is 5. The van der Waals surface area contributed by atoms with Crippen molar-refractivity contribution in [2.45, 2.75) is 6.92 Å². The van der Waals surface area contributed by atoms with Crippen molar-refractivity contribution in [1.82, 2.24) is 15.2 Å². The summed E-state index contributed by atoms with van der Waals surface area (Å²) in [6.45, 7) is 2.02. The number of aryl methyl sites for hydroxylation is 1. The number of carbonyl (C=O) groups excluding carboxylic acids is 2. The lowest BCUT2D eigenvalue weighted by Gasteiger charge is -2.09. The molecule has 0 fully saturated rings. The molecule has 0 bridgehead atoms. The zero-order valence-corrected chi connectivity index (χ0v) is 20.4. The van der Waals surface area contributed by atoms with Crippen LogP contribution >= 0.6 is 0 Å². The highest BCUT2D eigenvalue weighted by Crippen LogP contribution is 2.27. The molecule has 7 heteroatoms. The fourth-order valence-electron chi connectivity index (χ4n) is 3.97. The third kappa shape index (κ3) is 5.16. The Kier molecular flexibility index (Phi) is 6.59. The third-order valence-electron chi connectivity index (χ3n) is 5.98. The summed E-state index contributed by atoms with van der Waals surface area (Å²) >= 11 is 0. The summed E-state index contributed by atoms with van der Waals surface area (Å²) in [7, 11) is 1.33. The number of methoxy groups -OCH3 is 1. The molecule has 0 radical (unpaired) electrons. The average Bonchev–Trinajstić information content (AvgIpc) is 3.39. The van der Waals surface area contributed by atoms with Gasteiger partial charge in [-0.1, -0.05) is 66.2 Å². The molecule has 5 aromatic rings. The summed E-state index contributed by atoms with van der Waals surface area (Å²) in [5.41, 5.74) is 7.65. The van der Waals surface area contributed by atoms with Gasteiger partial charge in [-0.25, -0.2) is 14.9 Å². The van der Waals surface area contributed by atoms with Crippen molar-refractivity contribution in [3.05, 3.63) is 119 Å². The monoisotopic (exact) mass is 488 g/mol. The van der Waals surface area contributed by atoms with Crippen molar-refractivity contribution < 1.29 is 14.3 Å². The number of benzene rings is 4. The Morgan fingerprint density at radius 2 is 1.62 bits per heavy atom. The maximum Gasteiger partial charge on any atom is 0.337 e. The largest absolute Gasteiger partial charge is 0.465 e. The van der Waals surface area contributed by atoms with Crippen LogP contribution in [0.1, 0.15) is 32.0 Å². The molecule has 1 N–H and O–H groups in total. The maximum atomic E-state index is 12.9. The topological polar surface area (TPSA) is 85.6 Å². The van der Waals surface area contributed by atoms with Gasteiger partial charge in [0.25, 0.3) is 5.91 Å². The lowest BCUT2D eigenvalue weighted by atomic mass is 10.0. The average molecular weight is 489 g/mol. The number of ether oxygens (including phenoxy) is 1. The molecular weight excluding hydrogens is 464 g/mol. The second-order valence-electron chi connectivity index (χ2n) is 8.54. The van der Waals surface area contributed by atoms with Gasteiger partial charge in [0, 0.05) is 5.56 Å². The standard InChI is InChI=1S/C30H24N4O3/c1-20-7-15-26(16-8-20)34-28(25-14-13-22-5-3-4-6-24(22)17-25)18-27(33-34)29(35)32-31-19-21-9-11-23(12-10-21)30(36)37-2/h3-19H,1-2H3,(H,32,35)/b31-19-. The highest BCUT2D eigenvalue weighted by molar-refractivity contribution is 5.95. The molecule has 5 rings (SSSR count). The van der Waals surface area contributed by atoms with Crippen molar-refractivity contribution in [2.75, 3.05) is 7.11 Å². The number of carbonyl (C=O) groups is 2. The van der Waals surface area contributed by atoms with Crippen LogP contribution in [0.2, 0.25) is 0 Å². The number of fused-ring (bicyclic) bond motifs is 1. The van der Waals surface area contributed by atoms with E-state index in [0.29, 0.717) is 5.56 Å². The summed E-state index contributed by atoms with van der Waals surface area (Å²) < 4.78 is 6.47.